The fourth-order valence-electron chi connectivity index (χ4n) is 1.19. The largest absolute Gasteiger partial charge is 0.393 e. The molecule has 1 N–H and O–H groups in total. The van der Waals surface area contributed by atoms with Crippen LogP contribution in [0.5, 0.6) is 0 Å². The van der Waals surface area contributed by atoms with Crippen molar-refractivity contribution in [1.29, 1.82) is 0 Å². The Kier molecular flexibility index (Phi) is 3.96. The normalized spacial score (nSPS) is 19.7. The van der Waals surface area contributed by atoms with E-state index in [0.29, 0.717) is 5.92 Å². The molecule has 0 aromatic heterocycles. The predicted molar refractivity (Wildman–Crippen MR) is 52.6 cm³/mol. The zero-order valence-electron chi connectivity index (χ0n) is 8.07. The number of hydrogen-bond acceptors (Lipinski definition) is 3. The lowest BCUT2D eigenvalue weighted by Gasteiger charge is -2.08. The summed E-state index contributed by atoms with van der Waals surface area (Å²) in [7, 11) is 0. The maximum Gasteiger partial charge on any atom is 0.140 e. The Morgan fingerprint density at radius 3 is 2.92 bits per heavy atom. The third kappa shape index (κ3) is 3.19. The summed E-state index contributed by atoms with van der Waals surface area (Å²) in [6, 6.07) is 0. The van der Waals surface area contributed by atoms with Crippen molar-refractivity contribution in [3.63, 3.8) is 0 Å². The molecule has 0 heterocycles. The first-order chi connectivity index (χ1) is 6.29. The number of rotatable bonds is 6. The van der Waals surface area contributed by atoms with E-state index in [-0.39, 0.29) is 19.1 Å². The van der Waals surface area contributed by atoms with Crippen LogP contribution in [0.1, 0.15) is 19.8 Å². The van der Waals surface area contributed by atoms with Gasteiger partial charge in [-0.15, -0.1) is 6.58 Å². The topological polar surface area (TPSA) is 41.8 Å². The van der Waals surface area contributed by atoms with Gasteiger partial charge in [-0.1, -0.05) is 18.2 Å². The van der Waals surface area contributed by atoms with Gasteiger partial charge in [-0.2, -0.15) is 0 Å². The van der Waals surface area contributed by atoms with Crippen LogP contribution in [0.4, 0.5) is 0 Å². The molecule has 1 aliphatic rings. The molecule has 1 rings (SSSR count). The highest BCUT2D eigenvalue weighted by Crippen LogP contribution is 2.33. The Morgan fingerprint density at radius 2 is 2.46 bits per heavy atom. The summed E-state index contributed by atoms with van der Waals surface area (Å²) in [4.78, 5) is 4.96. The molecule has 1 atom stereocenters. The Morgan fingerprint density at radius 1 is 1.77 bits per heavy atom. The summed E-state index contributed by atoms with van der Waals surface area (Å²) >= 11 is 0. The van der Waals surface area contributed by atoms with Gasteiger partial charge < -0.3 is 9.94 Å². The van der Waals surface area contributed by atoms with Crippen LogP contribution in [-0.4, -0.2) is 24.0 Å². The lowest BCUT2D eigenvalue weighted by molar-refractivity contribution is 0.0972. The zero-order chi connectivity index (χ0) is 9.68. The summed E-state index contributed by atoms with van der Waals surface area (Å²) in [5, 5.41) is 12.5. The van der Waals surface area contributed by atoms with Crippen molar-refractivity contribution in [1.82, 2.24) is 0 Å². The first kappa shape index (κ1) is 10.3. The molecule has 0 aliphatic heterocycles. The number of aliphatic hydroxyl groups excluding tert-OH is 1. The van der Waals surface area contributed by atoms with Crippen molar-refractivity contribution in [2.24, 2.45) is 17.0 Å². The van der Waals surface area contributed by atoms with Crippen molar-refractivity contribution in [3.8, 4) is 0 Å². The minimum atomic E-state index is 0.0178. The maximum atomic E-state index is 8.51. The first-order valence-electron chi connectivity index (χ1n) is 4.72. The third-order valence-electron chi connectivity index (χ3n) is 2.17. The van der Waals surface area contributed by atoms with Gasteiger partial charge in [0.25, 0.3) is 0 Å². The number of oxime groups is 1. The standard InChI is InChI=1S/C10H17NO2/c1-3-8(2)10(9-4-5-9)11-13-7-6-12/h3,8-9,12H,1,4-7H2,2H3. The zero-order valence-corrected chi connectivity index (χ0v) is 8.07. The molecule has 0 spiro atoms. The molecule has 74 valence electrons. The van der Waals surface area contributed by atoms with Gasteiger partial charge in [-0.05, 0) is 12.8 Å². The molecular weight excluding hydrogens is 166 g/mol. The molecule has 1 fully saturated rings. The van der Waals surface area contributed by atoms with Gasteiger partial charge in [-0.25, -0.2) is 0 Å². The highest BCUT2D eigenvalue weighted by Gasteiger charge is 2.30. The second-order valence-corrected chi connectivity index (χ2v) is 3.37. The molecule has 0 bridgehead atoms. The van der Waals surface area contributed by atoms with E-state index < -0.39 is 0 Å². The molecule has 1 saturated carbocycles. The molecule has 0 radical (unpaired) electrons. The van der Waals surface area contributed by atoms with Crippen LogP contribution in [0.15, 0.2) is 17.8 Å². The average molecular weight is 183 g/mol. The monoisotopic (exact) mass is 183 g/mol. The maximum absolute atomic E-state index is 8.51. The van der Waals surface area contributed by atoms with Crippen LogP contribution in [0.3, 0.4) is 0 Å². The van der Waals surface area contributed by atoms with Crippen LogP contribution in [0.2, 0.25) is 0 Å². The highest BCUT2D eigenvalue weighted by atomic mass is 16.6. The number of aliphatic hydroxyl groups is 1. The fraction of sp³-hybridized carbons (Fsp3) is 0.700. The summed E-state index contributed by atoms with van der Waals surface area (Å²) in [5.41, 5.74) is 1.07. The second-order valence-electron chi connectivity index (χ2n) is 3.37. The van der Waals surface area contributed by atoms with E-state index in [9.17, 15) is 0 Å². The van der Waals surface area contributed by atoms with Crippen LogP contribution in [0, 0.1) is 11.8 Å². The van der Waals surface area contributed by atoms with Crippen LogP contribution in [-0.2, 0) is 4.84 Å². The van der Waals surface area contributed by atoms with E-state index >= 15 is 0 Å². The van der Waals surface area contributed by atoms with Gasteiger partial charge in [0.15, 0.2) is 0 Å². The molecule has 3 heteroatoms. The average Bonchev–Trinajstić information content (AvgIpc) is 2.95. The molecule has 1 unspecified atom stereocenters. The van der Waals surface area contributed by atoms with Crippen molar-refractivity contribution in [3.05, 3.63) is 12.7 Å². The molecule has 0 saturated heterocycles. The lowest BCUT2D eigenvalue weighted by atomic mass is 10.0. The minimum absolute atomic E-state index is 0.0178. The van der Waals surface area contributed by atoms with E-state index in [2.05, 4.69) is 18.7 Å². The quantitative estimate of drug-likeness (QED) is 0.294. The summed E-state index contributed by atoms with van der Waals surface area (Å²) < 4.78 is 0. The second kappa shape index (κ2) is 5.02. The minimum Gasteiger partial charge on any atom is -0.393 e. The van der Waals surface area contributed by atoms with Gasteiger partial charge in [0.1, 0.15) is 6.61 Å². The van der Waals surface area contributed by atoms with E-state index in [1.165, 1.54) is 12.8 Å². The molecule has 1 aliphatic carbocycles. The SMILES string of the molecule is C=CC(C)C(=NOCCO)C1CC1. The fourth-order valence-corrected chi connectivity index (χ4v) is 1.19. The summed E-state index contributed by atoms with van der Waals surface area (Å²) in [6.07, 6.45) is 4.29. The number of allylic oxidation sites excluding steroid dienone is 1. The number of hydrogen-bond donors (Lipinski definition) is 1. The molecule has 0 aromatic rings. The van der Waals surface area contributed by atoms with Crippen molar-refractivity contribution in [2.45, 2.75) is 19.8 Å². The van der Waals surface area contributed by atoms with Gasteiger partial charge in [0, 0.05) is 11.8 Å². The lowest BCUT2D eigenvalue weighted by Crippen LogP contribution is -2.12. The molecule has 3 nitrogen and oxygen atoms in total. The summed E-state index contributed by atoms with van der Waals surface area (Å²) in [6.45, 7) is 6.09. The van der Waals surface area contributed by atoms with Gasteiger partial charge in [0.2, 0.25) is 0 Å². The van der Waals surface area contributed by atoms with Crippen LogP contribution >= 0.6 is 0 Å². The third-order valence-corrected chi connectivity index (χ3v) is 2.17. The number of nitrogens with zero attached hydrogens (tertiary/aromatic N) is 1. The van der Waals surface area contributed by atoms with Gasteiger partial charge in [0.05, 0.1) is 12.3 Å². The van der Waals surface area contributed by atoms with E-state index in [4.69, 9.17) is 9.94 Å². The van der Waals surface area contributed by atoms with Crippen molar-refractivity contribution < 1.29 is 9.94 Å². The Hall–Kier alpha value is -0.830. The smallest absolute Gasteiger partial charge is 0.140 e. The summed E-state index contributed by atoms with van der Waals surface area (Å²) in [5.74, 6) is 0.873. The van der Waals surface area contributed by atoms with Gasteiger partial charge in [-0.3, -0.25) is 0 Å². The van der Waals surface area contributed by atoms with Crippen molar-refractivity contribution >= 4 is 5.71 Å². The first-order valence-corrected chi connectivity index (χ1v) is 4.72. The van der Waals surface area contributed by atoms with Crippen molar-refractivity contribution in [2.75, 3.05) is 13.2 Å². The molecule has 0 aromatic carbocycles. The molecule has 0 amide bonds. The molecule has 13 heavy (non-hydrogen) atoms. The Labute approximate surface area is 79.1 Å². The van der Waals surface area contributed by atoms with Crippen LogP contribution < -0.4 is 0 Å². The van der Waals surface area contributed by atoms with E-state index in [0.717, 1.165) is 5.71 Å². The molecular formula is C10H17NO2. The Bertz CT molecular complexity index is 197. The van der Waals surface area contributed by atoms with Gasteiger partial charge >= 0.3 is 0 Å². The predicted octanol–water partition coefficient (Wildman–Crippen LogP) is 1.58. The highest BCUT2D eigenvalue weighted by molar-refractivity contribution is 5.91. The van der Waals surface area contributed by atoms with Crippen LogP contribution in [0.25, 0.3) is 0 Å². The Balaban J connectivity index is 2.45. The van der Waals surface area contributed by atoms with E-state index in [1.54, 1.807) is 0 Å². The van der Waals surface area contributed by atoms with E-state index in [1.807, 2.05) is 6.08 Å².